The van der Waals surface area contributed by atoms with Crippen molar-refractivity contribution in [2.24, 2.45) is 0 Å². The average Bonchev–Trinajstić information content (AvgIpc) is 2.14. The summed E-state index contributed by atoms with van der Waals surface area (Å²) in [4.78, 5) is 0. The van der Waals surface area contributed by atoms with Gasteiger partial charge in [-0.05, 0) is 17.7 Å². The van der Waals surface area contributed by atoms with Gasteiger partial charge >= 0.3 is 0 Å². The third-order valence-corrected chi connectivity index (χ3v) is 3.21. The van der Waals surface area contributed by atoms with Crippen molar-refractivity contribution in [3.63, 3.8) is 0 Å². The maximum Gasteiger partial charge on any atom is 0.235 e. The zero-order valence-corrected chi connectivity index (χ0v) is 10.3. The zero-order chi connectivity index (χ0) is 11.5. The molecule has 0 saturated carbocycles. The Morgan fingerprint density at radius 1 is 1.33 bits per heavy atom. The molecule has 1 aromatic rings. The molecule has 1 rings (SSSR count). The van der Waals surface area contributed by atoms with Crippen molar-refractivity contribution >= 4 is 31.3 Å². The van der Waals surface area contributed by atoms with Crippen LogP contribution in [0.4, 0.5) is 0 Å². The summed E-state index contributed by atoms with van der Waals surface area (Å²) in [6, 6.07) is 6.75. The van der Waals surface area contributed by atoms with E-state index in [4.69, 9.17) is 27.0 Å². The Bertz CT molecular complexity index is 413. The molecule has 15 heavy (non-hydrogen) atoms. The molecule has 0 radical (unpaired) electrons. The predicted molar refractivity (Wildman–Crippen MR) is 60.8 cm³/mol. The summed E-state index contributed by atoms with van der Waals surface area (Å²) in [5.74, 6) is -0.257. The van der Waals surface area contributed by atoms with Gasteiger partial charge in [-0.1, -0.05) is 23.7 Å². The molecule has 1 unspecified atom stereocenters. The maximum atomic E-state index is 10.9. The van der Waals surface area contributed by atoms with Crippen molar-refractivity contribution in [3.05, 3.63) is 34.9 Å². The summed E-state index contributed by atoms with van der Waals surface area (Å²) in [7, 11) is 3.01. The van der Waals surface area contributed by atoms with Gasteiger partial charge in [0.05, 0.1) is 11.9 Å². The Kier molecular flexibility index (Phi) is 4.40. The smallest absolute Gasteiger partial charge is 0.235 e. The van der Waals surface area contributed by atoms with Crippen molar-refractivity contribution in [3.8, 4) is 0 Å². The Hall–Kier alpha value is -0.290. The highest BCUT2D eigenvalue weighted by atomic mass is 35.7. The molecule has 0 N–H and O–H groups in total. The van der Waals surface area contributed by atoms with Gasteiger partial charge in [0.25, 0.3) is 0 Å². The first kappa shape index (κ1) is 12.8. The van der Waals surface area contributed by atoms with Gasteiger partial charge in [-0.2, -0.15) is 0 Å². The van der Waals surface area contributed by atoms with Crippen molar-refractivity contribution in [2.45, 2.75) is 6.10 Å². The summed E-state index contributed by atoms with van der Waals surface area (Å²) in [6.07, 6.45) is -0.565. The SMILES string of the molecule is COC(CS(=O)(=O)Cl)c1ccc(Cl)cc1. The van der Waals surface area contributed by atoms with E-state index >= 15 is 0 Å². The molecule has 0 aliphatic heterocycles. The quantitative estimate of drug-likeness (QED) is 0.789. The van der Waals surface area contributed by atoms with Crippen molar-refractivity contribution in [1.29, 1.82) is 0 Å². The van der Waals surface area contributed by atoms with Crippen LogP contribution in [-0.4, -0.2) is 21.3 Å². The third kappa shape index (κ3) is 4.38. The van der Waals surface area contributed by atoms with Crippen LogP contribution in [0, 0.1) is 0 Å². The molecule has 0 aliphatic carbocycles. The van der Waals surface area contributed by atoms with Crippen molar-refractivity contribution < 1.29 is 13.2 Å². The lowest BCUT2D eigenvalue weighted by molar-refractivity contribution is 0.122. The first-order valence-electron chi connectivity index (χ1n) is 4.13. The molecule has 0 aliphatic rings. The fourth-order valence-electron chi connectivity index (χ4n) is 1.16. The van der Waals surface area contributed by atoms with Crippen LogP contribution in [0.3, 0.4) is 0 Å². The summed E-state index contributed by atoms with van der Waals surface area (Å²) in [5, 5.41) is 0.585. The predicted octanol–water partition coefficient (Wildman–Crippen LogP) is 2.60. The number of hydrogen-bond acceptors (Lipinski definition) is 3. The number of ether oxygens (including phenoxy) is 1. The second kappa shape index (κ2) is 5.16. The minimum Gasteiger partial charge on any atom is -0.376 e. The molecule has 0 amide bonds. The van der Waals surface area contributed by atoms with E-state index in [1.165, 1.54) is 7.11 Å². The molecule has 6 heteroatoms. The molecule has 3 nitrogen and oxygen atoms in total. The van der Waals surface area contributed by atoms with E-state index in [-0.39, 0.29) is 5.75 Å². The topological polar surface area (TPSA) is 43.4 Å². The van der Waals surface area contributed by atoms with Crippen LogP contribution in [0.2, 0.25) is 5.02 Å². The minimum atomic E-state index is -3.58. The first-order chi connectivity index (χ1) is 6.92. The van der Waals surface area contributed by atoms with Crippen LogP contribution in [0.5, 0.6) is 0 Å². The van der Waals surface area contributed by atoms with E-state index < -0.39 is 15.2 Å². The lowest BCUT2D eigenvalue weighted by Gasteiger charge is -2.13. The van der Waals surface area contributed by atoms with Gasteiger partial charge in [-0.3, -0.25) is 0 Å². The number of benzene rings is 1. The maximum absolute atomic E-state index is 10.9. The Labute approximate surface area is 98.4 Å². The first-order valence-corrected chi connectivity index (χ1v) is 6.98. The second-order valence-electron chi connectivity index (χ2n) is 2.98. The van der Waals surface area contributed by atoms with Crippen molar-refractivity contribution in [1.82, 2.24) is 0 Å². The van der Waals surface area contributed by atoms with Gasteiger partial charge in [0.2, 0.25) is 9.05 Å². The molecule has 0 bridgehead atoms. The van der Waals surface area contributed by atoms with Crippen LogP contribution < -0.4 is 0 Å². The standard InChI is InChI=1S/C9H10Cl2O3S/c1-14-9(6-15(11,12)13)7-2-4-8(10)5-3-7/h2-5,9H,6H2,1H3. The van der Waals surface area contributed by atoms with E-state index in [2.05, 4.69) is 0 Å². The molecule has 0 saturated heterocycles. The highest BCUT2D eigenvalue weighted by molar-refractivity contribution is 8.13. The number of rotatable bonds is 4. The van der Waals surface area contributed by atoms with Crippen LogP contribution in [0.25, 0.3) is 0 Å². The Balaban J connectivity index is 2.88. The molecule has 84 valence electrons. The molecule has 0 heterocycles. The van der Waals surface area contributed by atoms with Crippen LogP contribution in [0.15, 0.2) is 24.3 Å². The highest BCUT2D eigenvalue weighted by Gasteiger charge is 2.18. The van der Waals surface area contributed by atoms with Crippen LogP contribution >= 0.6 is 22.3 Å². The number of methoxy groups -OCH3 is 1. The van der Waals surface area contributed by atoms with Crippen LogP contribution in [0.1, 0.15) is 11.7 Å². The molecule has 0 fully saturated rings. The largest absolute Gasteiger partial charge is 0.376 e. The molecular weight excluding hydrogens is 259 g/mol. The van der Waals surface area contributed by atoms with Gasteiger partial charge in [-0.15, -0.1) is 0 Å². The van der Waals surface area contributed by atoms with Crippen LogP contribution in [-0.2, 0) is 13.8 Å². The van der Waals surface area contributed by atoms with E-state index in [1.54, 1.807) is 24.3 Å². The molecular formula is C9H10Cl2O3S. The fourth-order valence-corrected chi connectivity index (χ4v) is 2.32. The van der Waals surface area contributed by atoms with E-state index in [0.29, 0.717) is 5.02 Å². The fraction of sp³-hybridized carbons (Fsp3) is 0.333. The van der Waals surface area contributed by atoms with E-state index in [0.717, 1.165) is 5.56 Å². The summed E-state index contributed by atoms with van der Waals surface area (Å²) >= 11 is 5.71. The van der Waals surface area contributed by atoms with Gasteiger partial charge < -0.3 is 4.74 Å². The second-order valence-corrected chi connectivity index (χ2v) is 6.24. The molecule has 0 spiro atoms. The van der Waals surface area contributed by atoms with Gasteiger partial charge in [0.1, 0.15) is 0 Å². The Morgan fingerprint density at radius 2 is 1.87 bits per heavy atom. The lowest BCUT2D eigenvalue weighted by Crippen LogP contribution is -2.11. The van der Waals surface area contributed by atoms with Gasteiger partial charge in [0, 0.05) is 22.8 Å². The van der Waals surface area contributed by atoms with Gasteiger partial charge in [0.15, 0.2) is 0 Å². The lowest BCUT2D eigenvalue weighted by atomic mass is 10.1. The zero-order valence-electron chi connectivity index (χ0n) is 7.98. The number of hydrogen-bond donors (Lipinski definition) is 0. The molecule has 0 aromatic heterocycles. The summed E-state index contributed by atoms with van der Waals surface area (Å²) in [6.45, 7) is 0. The van der Waals surface area contributed by atoms with Crippen molar-refractivity contribution in [2.75, 3.05) is 12.9 Å². The number of halogens is 2. The molecule has 1 atom stereocenters. The van der Waals surface area contributed by atoms with E-state index in [1.807, 2.05) is 0 Å². The normalized spacial score (nSPS) is 13.8. The van der Waals surface area contributed by atoms with Gasteiger partial charge in [-0.25, -0.2) is 8.42 Å². The third-order valence-electron chi connectivity index (χ3n) is 1.88. The van der Waals surface area contributed by atoms with E-state index in [9.17, 15) is 8.42 Å². The molecule has 1 aromatic carbocycles. The Morgan fingerprint density at radius 3 is 2.27 bits per heavy atom. The summed E-state index contributed by atoms with van der Waals surface area (Å²) in [5.41, 5.74) is 0.728. The average molecular weight is 269 g/mol. The monoisotopic (exact) mass is 268 g/mol. The highest BCUT2D eigenvalue weighted by Crippen LogP contribution is 2.21. The summed E-state index contributed by atoms with van der Waals surface area (Å²) < 4.78 is 26.8. The minimum absolute atomic E-state index is 0.257.